The summed E-state index contributed by atoms with van der Waals surface area (Å²) in [5.41, 5.74) is 0. The summed E-state index contributed by atoms with van der Waals surface area (Å²) in [5.74, 6) is -36.6. The molecule has 0 amide bonds. The van der Waals surface area contributed by atoms with Crippen molar-refractivity contribution < 1.29 is 61.8 Å². The fourth-order valence-electron chi connectivity index (χ4n) is 1.89. The highest BCUT2D eigenvalue weighted by Crippen LogP contribution is 2.60. The van der Waals surface area contributed by atoms with Crippen LogP contribution in [0.3, 0.4) is 0 Å². The third-order valence-electron chi connectivity index (χ3n) is 3.70. The van der Waals surface area contributed by atoms with Gasteiger partial charge in [0.1, 0.15) is 0 Å². The van der Waals surface area contributed by atoms with Crippen LogP contribution in [0.5, 0.6) is 0 Å². The second-order valence-corrected chi connectivity index (χ2v) is 5.92. The van der Waals surface area contributed by atoms with Crippen LogP contribution < -0.4 is 0 Å². The minimum absolute atomic E-state index is 0.264. The number of rotatable bonds is 12. The summed E-state index contributed by atoms with van der Waals surface area (Å²) in [5, 5.41) is 0. The van der Waals surface area contributed by atoms with Crippen molar-refractivity contribution >= 4 is 0 Å². The predicted molar refractivity (Wildman–Crippen MR) is 70.4 cm³/mol. The molecule has 0 atom stereocenters. The molecule has 28 heavy (non-hydrogen) atoms. The molecule has 0 aromatic carbocycles. The minimum atomic E-state index is -7.85. The maximum Gasteiger partial charge on any atom is 0.460 e. The Hall–Kier alpha value is -0.950. The third-order valence-corrected chi connectivity index (χ3v) is 3.70. The van der Waals surface area contributed by atoms with E-state index >= 15 is 0 Å². The van der Waals surface area contributed by atoms with Crippen LogP contribution in [0.2, 0.25) is 0 Å². The average Bonchev–Trinajstić information content (AvgIpc) is 2.52. The topological polar surface area (TPSA) is 9.23 Å². The molecule has 0 saturated heterocycles. The van der Waals surface area contributed by atoms with E-state index in [1.165, 1.54) is 0 Å². The first-order chi connectivity index (χ1) is 12.3. The monoisotopic (exact) mass is 448 g/mol. The SMILES string of the molecule is CCCCCCOCCC(F)(F)C(F)(F)C(F)(F)C(F)(F)C(F)(F)C(F)(F)F. The molecule has 0 aromatic rings. The highest BCUT2D eigenvalue weighted by atomic mass is 19.4. The third kappa shape index (κ3) is 4.96. The van der Waals surface area contributed by atoms with E-state index < -0.39 is 48.8 Å². The first-order valence-electron chi connectivity index (χ1n) is 7.84. The standard InChI is InChI=1S/C14H17F13O/c1-2-3-4-5-7-28-8-6-9(15,16)10(17,18)11(19,20)12(21,22)13(23,24)14(25,26)27/h2-8H2,1H3. The van der Waals surface area contributed by atoms with E-state index in [2.05, 4.69) is 4.74 Å². The molecule has 170 valence electrons. The fraction of sp³-hybridized carbons (Fsp3) is 1.00. The largest absolute Gasteiger partial charge is 0.460 e. The lowest BCUT2D eigenvalue weighted by atomic mass is 9.93. The zero-order chi connectivity index (χ0) is 22.7. The number of alkyl halides is 13. The van der Waals surface area contributed by atoms with Crippen molar-refractivity contribution in [2.75, 3.05) is 13.2 Å². The van der Waals surface area contributed by atoms with Gasteiger partial charge >= 0.3 is 35.8 Å². The Morgan fingerprint density at radius 1 is 0.536 bits per heavy atom. The number of ether oxygens (including phenoxy) is 1. The summed E-state index contributed by atoms with van der Waals surface area (Å²) < 4.78 is 171. The molecule has 0 saturated carbocycles. The molecule has 0 unspecified atom stereocenters. The van der Waals surface area contributed by atoms with Gasteiger partial charge in [-0.2, -0.15) is 57.1 Å². The van der Waals surface area contributed by atoms with Gasteiger partial charge in [0.05, 0.1) is 6.61 Å². The van der Waals surface area contributed by atoms with Gasteiger partial charge in [-0.1, -0.05) is 26.2 Å². The van der Waals surface area contributed by atoms with Gasteiger partial charge in [-0.05, 0) is 6.42 Å². The van der Waals surface area contributed by atoms with Crippen LogP contribution in [0.15, 0.2) is 0 Å². The second-order valence-electron chi connectivity index (χ2n) is 5.92. The van der Waals surface area contributed by atoms with E-state index in [1.807, 2.05) is 6.92 Å². The van der Waals surface area contributed by atoms with Crippen LogP contribution in [0.4, 0.5) is 57.1 Å². The Morgan fingerprint density at radius 2 is 1.00 bits per heavy atom. The van der Waals surface area contributed by atoms with Crippen molar-refractivity contribution in [1.29, 1.82) is 0 Å². The summed E-state index contributed by atoms with van der Waals surface area (Å²) in [6.45, 7) is 0.216. The summed E-state index contributed by atoms with van der Waals surface area (Å²) >= 11 is 0. The number of hydrogen-bond donors (Lipinski definition) is 0. The van der Waals surface area contributed by atoms with E-state index in [9.17, 15) is 57.1 Å². The van der Waals surface area contributed by atoms with E-state index in [0.717, 1.165) is 6.42 Å². The van der Waals surface area contributed by atoms with Gasteiger partial charge in [0, 0.05) is 13.0 Å². The maximum atomic E-state index is 13.4. The molecular weight excluding hydrogens is 431 g/mol. The van der Waals surface area contributed by atoms with Gasteiger partial charge in [-0.3, -0.25) is 0 Å². The van der Waals surface area contributed by atoms with Crippen LogP contribution in [0.1, 0.15) is 39.0 Å². The highest BCUT2D eigenvalue weighted by Gasteiger charge is 2.90. The van der Waals surface area contributed by atoms with Crippen molar-refractivity contribution in [1.82, 2.24) is 0 Å². The lowest BCUT2D eigenvalue weighted by Crippen LogP contribution is -2.70. The van der Waals surface area contributed by atoms with Gasteiger partial charge in [-0.15, -0.1) is 0 Å². The Morgan fingerprint density at radius 3 is 1.43 bits per heavy atom. The molecule has 0 heterocycles. The Bertz CT molecular complexity index is 484. The molecule has 0 rings (SSSR count). The molecule has 0 spiro atoms. The lowest BCUT2D eigenvalue weighted by Gasteiger charge is -2.39. The first kappa shape index (κ1) is 27.0. The molecule has 0 aliphatic carbocycles. The molecule has 0 aliphatic rings. The summed E-state index contributed by atoms with van der Waals surface area (Å²) in [6, 6.07) is 0. The van der Waals surface area contributed by atoms with Crippen molar-refractivity contribution in [3.63, 3.8) is 0 Å². The van der Waals surface area contributed by atoms with Gasteiger partial charge < -0.3 is 4.74 Å². The molecular formula is C14H17F13O. The van der Waals surface area contributed by atoms with Crippen molar-refractivity contribution in [3.8, 4) is 0 Å². The van der Waals surface area contributed by atoms with Gasteiger partial charge in [0.15, 0.2) is 0 Å². The molecule has 0 bridgehead atoms. The molecule has 0 fully saturated rings. The molecule has 0 radical (unpaired) electrons. The molecule has 0 N–H and O–H groups in total. The van der Waals surface area contributed by atoms with Crippen LogP contribution in [0.25, 0.3) is 0 Å². The minimum Gasteiger partial charge on any atom is -0.381 e. The molecule has 0 aromatic heterocycles. The summed E-state index contributed by atoms with van der Waals surface area (Å²) in [4.78, 5) is 0. The van der Waals surface area contributed by atoms with Crippen molar-refractivity contribution in [2.45, 2.75) is 74.8 Å². The van der Waals surface area contributed by atoms with Crippen molar-refractivity contribution in [3.05, 3.63) is 0 Å². The molecule has 14 heteroatoms. The quantitative estimate of drug-likeness (QED) is 0.238. The fourth-order valence-corrected chi connectivity index (χ4v) is 1.89. The van der Waals surface area contributed by atoms with E-state index in [0.29, 0.717) is 12.8 Å². The Kier molecular flexibility index (Phi) is 8.52. The summed E-state index contributed by atoms with van der Waals surface area (Å²) in [7, 11) is 0. The normalized spacial score (nSPS) is 15.2. The number of hydrogen-bond acceptors (Lipinski definition) is 1. The van der Waals surface area contributed by atoms with Gasteiger partial charge in [-0.25, -0.2) is 0 Å². The van der Waals surface area contributed by atoms with Crippen LogP contribution >= 0.6 is 0 Å². The van der Waals surface area contributed by atoms with E-state index in [4.69, 9.17) is 0 Å². The number of halogens is 13. The van der Waals surface area contributed by atoms with E-state index in [1.54, 1.807) is 0 Å². The first-order valence-corrected chi connectivity index (χ1v) is 7.84. The van der Waals surface area contributed by atoms with Crippen molar-refractivity contribution in [2.24, 2.45) is 0 Å². The predicted octanol–water partition coefficient (Wildman–Crippen LogP) is 6.71. The maximum absolute atomic E-state index is 13.4. The second kappa shape index (κ2) is 8.82. The van der Waals surface area contributed by atoms with Crippen LogP contribution in [-0.2, 0) is 4.74 Å². The zero-order valence-corrected chi connectivity index (χ0v) is 14.3. The Labute approximate surface area is 151 Å². The summed E-state index contributed by atoms with van der Waals surface area (Å²) in [6.07, 6.45) is -7.38. The average molecular weight is 448 g/mol. The zero-order valence-electron chi connectivity index (χ0n) is 14.3. The number of unbranched alkanes of at least 4 members (excludes halogenated alkanes) is 3. The van der Waals surface area contributed by atoms with Gasteiger partial charge in [0.25, 0.3) is 0 Å². The smallest absolute Gasteiger partial charge is 0.381 e. The van der Waals surface area contributed by atoms with E-state index in [-0.39, 0.29) is 13.0 Å². The Balaban J connectivity index is 5.35. The lowest BCUT2D eigenvalue weighted by molar-refractivity contribution is -0.440. The molecule has 0 aliphatic heterocycles. The van der Waals surface area contributed by atoms with Crippen LogP contribution in [0, 0.1) is 0 Å². The highest BCUT2D eigenvalue weighted by molar-refractivity contribution is 5.10. The van der Waals surface area contributed by atoms with Crippen LogP contribution in [-0.4, -0.2) is 49.0 Å². The molecule has 1 nitrogen and oxygen atoms in total. The van der Waals surface area contributed by atoms with Gasteiger partial charge in [0.2, 0.25) is 0 Å².